The van der Waals surface area contributed by atoms with Crippen molar-refractivity contribution in [2.75, 3.05) is 7.11 Å². The topological polar surface area (TPSA) is 22.1 Å². The lowest BCUT2D eigenvalue weighted by molar-refractivity contribution is 0.413. The van der Waals surface area contributed by atoms with Gasteiger partial charge in [-0.05, 0) is 18.6 Å². The van der Waals surface area contributed by atoms with Gasteiger partial charge in [-0.1, -0.05) is 11.6 Å². The maximum absolute atomic E-state index is 5.63. The summed E-state index contributed by atoms with van der Waals surface area (Å²) in [7, 11) is 1.54. The average Bonchev–Trinajstić information content (AvgIpc) is 1.94. The lowest BCUT2D eigenvalue weighted by Crippen LogP contribution is -1.87. The van der Waals surface area contributed by atoms with E-state index in [0.717, 1.165) is 5.56 Å². The third-order valence-electron chi connectivity index (χ3n) is 1.08. The molecule has 0 amide bonds. The van der Waals surface area contributed by atoms with Crippen LogP contribution < -0.4 is 4.74 Å². The van der Waals surface area contributed by atoms with Gasteiger partial charge in [0.25, 0.3) is 0 Å². The Morgan fingerprint density at radius 2 is 2.40 bits per heavy atom. The summed E-state index contributed by atoms with van der Waals surface area (Å²) in [5.74, 6) is 0.564. The van der Waals surface area contributed by atoms with E-state index >= 15 is 0 Å². The number of hydrogen-bond donors (Lipinski definition) is 0. The van der Waals surface area contributed by atoms with Crippen LogP contribution in [-0.2, 0) is 0 Å². The third kappa shape index (κ3) is 1.39. The van der Waals surface area contributed by atoms with E-state index in [-0.39, 0.29) is 0 Å². The second-order valence-corrected chi connectivity index (χ2v) is 2.19. The van der Waals surface area contributed by atoms with Gasteiger partial charge in [0.15, 0.2) is 10.9 Å². The number of aromatic nitrogens is 1. The number of methoxy groups -OCH3 is 1. The highest BCUT2D eigenvalue weighted by Gasteiger charge is 1.99. The van der Waals surface area contributed by atoms with Gasteiger partial charge in [0.2, 0.25) is 0 Å². The van der Waals surface area contributed by atoms with Crippen molar-refractivity contribution < 1.29 is 4.74 Å². The lowest BCUT2D eigenvalue weighted by atomic mass is 10.3. The molecular weight excluding hydrogens is 150 g/mol. The molecule has 1 rings (SSSR count). The molecule has 0 atom stereocenters. The Morgan fingerprint density at radius 3 is 2.90 bits per heavy atom. The molecule has 0 saturated carbocycles. The first-order chi connectivity index (χ1) is 4.74. The minimum atomic E-state index is 0.370. The van der Waals surface area contributed by atoms with E-state index in [1.54, 1.807) is 19.4 Å². The van der Waals surface area contributed by atoms with Gasteiger partial charge in [0.1, 0.15) is 0 Å². The largest absolute Gasteiger partial charge is 0.494 e. The summed E-state index contributed by atoms with van der Waals surface area (Å²) >= 11 is 5.63. The van der Waals surface area contributed by atoms with Gasteiger partial charge in [-0.3, -0.25) is 0 Å². The molecule has 53 valence electrons. The van der Waals surface area contributed by atoms with E-state index in [1.165, 1.54) is 0 Å². The van der Waals surface area contributed by atoms with Crippen molar-refractivity contribution in [2.24, 2.45) is 0 Å². The Kier molecular flexibility index (Phi) is 2.12. The second-order valence-electron chi connectivity index (χ2n) is 1.84. The lowest BCUT2D eigenvalue weighted by Gasteiger charge is -2.00. The Bertz CT molecular complexity index is 237. The fourth-order valence-electron chi connectivity index (χ4n) is 0.612. The van der Waals surface area contributed by atoms with Crippen LogP contribution in [0.5, 0.6) is 5.75 Å². The first kappa shape index (κ1) is 7.35. The fourth-order valence-corrected chi connectivity index (χ4v) is 0.792. The Morgan fingerprint density at radius 1 is 1.70 bits per heavy atom. The van der Waals surface area contributed by atoms with Gasteiger partial charge in [-0.25, -0.2) is 4.98 Å². The number of halogens is 1. The zero-order chi connectivity index (χ0) is 7.56. The van der Waals surface area contributed by atoms with Crippen LogP contribution >= 0.6 is 11.6 Å². The van der Waals surface area contributed by atoms with Crippen LogP contribution in [0.1, 0.15) is 5.56 Å². The summed E-state index contributed by atoms with van der Waals surface area (Å²) in [5.41, 5.74) is 0.793. The highest BCUT2D eigenvalue weighted by atomic mass is 35.5. The van der Waals surface area contributed by atoms with Crippen molar-refractivity contribution >= 4 is 11.6 Å². The SMILES string of the molecule is [CH2]c1cnc(Cl)c(OC)c1. The predicted molar refractivity (Wildman–Crippen MR) is 40.3 cm³/mol. The zero-order valence-corrected chi connectivity index (χ0v) is 6.35. The molecule has 0 N–H and O–H groups in total. The van der Waals surface area contributed by atoms with Crippen LogP contribution in [0.25, 0.3) is 0 Å². The fraction of sp³-hybridized carbons (Fsp3) is 0.143. The van der Waals surface area contributed by atoms with Crippen LogP contribution in [0.15, 0.2) is 12.3 Å². The molecule has 0 spiro atoms. The number of nitrogens with zero attached hydrogens (tertiary/aromatic N) is 1. The number of rotatable bonds is 1. The second kappa shape index (κ2) is 2.88. The monoisotopic (exact) mass is 156 g/mol. The summed E-state index contributed by atoms with van der Waals surface area (Å²) in [4.78, 5) is 3.83. The molecule has 0 aliphatic carbocycles. The summed E-state index contributed by atoms with van der Waals surface area (Å²) in [6.45, 7) is 3.67. The van der Waals surface area contributed by atoms with E-state index < -0.39 is 0 Å². The molecule has 0 fully saturated rings. The van der Waals surface area contributed by atoms with Gasteiger partial charge in [0.05, 0.1) is 7.11 Å². The van der Waals surface area contributed by atoms with E-state index in [4.69, 9.17) is 16.3 Å². The molecule has 1 aromatic rings. The summed E-state index contributed by atoms with van der Waals surface area (Å²) in [6.07, 6.45) is 1.59. The molecule has 0 bridgehead atoms. The predicted octanol–water partition coefficient (Wildman–Crippen LogP) is 1.93. The first-order valence-corrected chi connectivity index (χ1v) is 3.13. The molecule has 10 heavy (non-hydrogen) atoms. The number of pyridine rings is 1. The first-order valence-electron chi connectivity index (χ1n) is 2.75. The van der Waals surface area contributed by atoms with Crippen LogP contribution in [0.2, 0.25) is 5.15 Å². The van der Waals surface area contributed by atoms with Crippen molar-refractivity contribution in [2.45, 2.75) is 0 Å². The smallest absolute Gasteiger partial charge is 0.171 e. The molecule has 0 saturated heterocycles. The Balaban J connectivity index is 3.09. The zero-order valence-electron chi connectivity index (χ0n) is 5.60. The highest BCUT2D eigenvalue weighted by molar-refractivity contribution is 6.30. The minimum absolute atomic E-state index is 0.370. The van der Waals surface area contributed by atoms with Gasteiger partial charge in [0, 0.05) is 6.20 Å². The van der Waals surface area contributed by atoms with Crippen molar-refractivity contribution in [1.82, 2.24) is 4.98 Å². The van der Waals surface area contributed by atoms with Gasteiger partial charge >= 0.3 is 0 Å². The molecule has 3 heteroatoms. The molecule has 0 aliphatic heterocycles. The Labute approximate surface area is 64.8 Å². The molecule has 1 heterocycles. The highest BCUT2D eigenvalue weighted by Crippen LogP contribution is 2.21. The summed E-state index contributed by atoms with van der Waals surface area (Å²) in [6, 6.07) is 1.73. The normalized spacial score (nSPS) is 9.50. The van der Waals surface area contributed by atoms with Crippen molar-refractivity contribution in [3.8, 4) is 5.75 Å². The summed E-state index contributed by atoms with van der Waals surface area (Å²) in [5, 5.41) is 0.370. The molecule has 0 aromatic carbocycles. The van der Waals surface area contributed by atoms with E-state index in [1.807, 2.05) is 0 Å². The Hall–Kier alpha value is -0.760. The summed E-state index contributed by atoms with van der Waals surface area (Å²) < 4.78 is 4.89. The minimum Gasteiger partial charge on any atom is -0.494 e. The molecular formula is C7H7ClNO. The van der Waals surface area contributed by atoms with E-state index in [9.17, 15) is 0 Å². The van der Waals surface area contributed by atoms with Gasteiger partial charge < -0.3 is 4.74 Å². The van der Waals surface area contributed by atoms with E-state index in [2.05, 4.69) is 11.9 Å². The quantitative estimate of drug-likeness (QED) is 0.580. The molecule has 0 aliphatic rings. The van der Waals surface area contributed by atoms with Crippen LogP contribution in [0.4, 0.5) is 0 Å². The van der Waals surface area contributed by atoms with Gasteiger partial charge in [-0.15, -0.1) is 0 Å². The molecule has 2 nitrogen and oxygen atoms in total. The third-order valence-corrected chi connectivity index (χ3v) is 1.37. The number of ether oxygens (including phenoxy) is 1. The maximum Gasteiger partial charge on any atom is 0.171 e. The average molecular weight is 157 g/mol. The van der Waals surface area contributed by atoms with Crippen molar-refractivity contribution in [3.63, 3.8) is 0 Å². The standard InChI is InChI=1S/C7H7ClNO/c1-5-3-6(10-2)7(8)9-4-5/h3-4H,1H2,2H3. The van der Waals surface area contributed by atoms with Gasteiger partial charge in [-0.2, -0.15) is 0 Å². The molecule has 1 radical (unpaired) electrons. The maximum atomic E-state index is 5.63. The van der Waals surface area contributed by atoms with Crippen LogP contribution in [0.3, 0.4) is 0 Å². The van der Waals surface area contributed by atoms with E-state index in [0.29, 0.717) is 10.9 Å². The molecule has 1 aromatic heterocycles. The van der Waals surface area contributed by atoms with Crippen molar-refractivity contribution in [3.05, 3.63) is 29.9 Å². The molecule has 0 unspecified atom stereocenters. The van der Waals surface area contributed by atoms with Crippen LogP contribution in [0, 0.1) is 6.92 Å². The van der Waals surface area contributed by atoms with Crippen molar-refractivity contribution in [1.29, 1.82) is 0 Å². The van der Waals surface area contributed by atoms with Crippen LogP contribution in [-0.4, -0.2) is 12.1 Å². The number of hydrogen-bond acceptors (Lipinski definition) is 2.